The van der Waals surface area contributed by atoms with E-state index in [9.17, 15) is 9.59 Å². The summed E-state index contributed by atoms with van der Waals surface area (Å²) in [6.07, 6.45) is 0.822. The normalized spacial score (nSPS) is 13.7. The molecule has 2 aromatic rings. The minimum atomic E-state index is 0.0285. The third-order valence-corrected chi connectivity index (χ3v) is 4.59. The Morgan fingerprint density at radius 2 is 1.56 bits per heavy atom. The predicted octanol–water partition coefficient (Wildman–Crippen LogP) is 3.03. The van der Waals surface area contributed by atoms with Gasteiger partial charge in [0.1, 0.15) is 6.29 Å². The standard InChI is InChI=1S/C15H15NO2.C5H12N2.C2H6/c1-10-8-14(11(2)16(3)15(10)18)13-6-4-12(9-17)5-7-13;1-7-4-2-6-3-5-7;1-2/h4-9H,1-3H3;6H,2-5H2,1H3;1-2H3. The van der Waals surface area contributed by atoms with Crippen molar-refractivity contribution in [1.82, 2.24) is 14.8 Å². The molecule has 1 aromatic carbocycles. The molecule has 148 valence electrons. The first-order chi connectivity index (χ1) is 12.9. The van der Waals surface area contributed by atoms with Crippen LogP contribution in [-0.4, -0.2) is 49.0 Å². The molecule has 0 unspecified atom stereocenters. The Kier molecular flexibility index (Phi) is 9.68. The van der Waals surface area contributed by atoms with Gasteiger partial charge in [-0.15, -0.1) is 0 Å². The molecule has 0 radical (unpaired) electrons. The van der Waals surface area contributed by atoms with Crippen LogP contribution in [0.5, 0.6) is 0 Å². The van der Waals surface area contributed by atoms with Gasteiger partial charge in [-0.1, -0.05) is 38.1 Å². The first-order valence-electron chi connectivity index (χ1n) is 9.56. The summed E-state index contributed by atoms with van der Waals surface area (Å²) in [5, 5.41) is 3.27. The predicted molar refractivity (Wildman–Crippen MR) is 114 cm³/mol. The molecule has 0 bridgehead atoms. The van der Waals surface area contributed by atoms with E-state index in [2.05, 4.69) is 17.3 Å². The van der Waals surface area contributed by atoms with Gasteiger partial charge in [-0.3, -0.25) is 9.59 Å². The number of likely N-dealkylation sites (N-methyl/N-ethyl adjacent to an activating group) is 1. The van der Waals surface area contributed by atoms with E-state index in [4.69, 9.17) is 0 Å². The van der Waals surface area contributed by atoms with Crippen molar-refractivity contribution in [3.05, 3.63) is 57.5 Å². The zero-order valence-corrected chi connectivity index (χ0v) is 17.5. The van der Waals surface area contributed by atoms with E-state index in [-0.39, 0.29) is 5.56 Å². The average Bonchev–Trinajstić information content (AvgIpc) is 2.72. The van der Waals surface area contributed by atoms with Crippen LogP contribution < -0.4 is 10.9 Å². The van der Waals surface area contributed by atoms with Crippen LogP contribution in [0.1, 0.15) is 35.5 Å². The highest BCUT2D eigenvalue weighted by Crippen LogP contribution is 2.22. The summed E-state index contributed by atoms with van der Waals surface area (Å²) in [4.78, 5) is 24.7. The number of carbonyl (C=O) groups excluding carboxylic acids is 1. The van der Waals surface area contributed by atoms with Crippen molar-refractivity contribution < 1.29 is 4.79 Å². The second-order valence-corrected chi connectivity index (χ2v) is 6.48. The summed E-state index contributed by atoms with van der Waals surface area (Å²) in [5.74, 6) is 0. The Hall–Kier alpha value is -2.24. The fraction of sp³-hybridized carbons (Fsp3) is 0.455. The van der Waals surface area contributed by atoms with Crippen molar-refractivity contribution >= 4 is 6.29 Å². The molecule has 5 nitrogen and oxygen atoms in total. The van der Waals surface area contributed by atoms with Gasteiger partial charge in [0.25, 0.3) is 5.56 Å². The lowest BCUT2D eigenvalue weighted by molar-refractivity contribution is 0.112. The van der Waals surface area contributed by atoms with E-state index in [0.717, 1.165) is 41.8 Å². The molecule has 2 heterocycles. The number of pyridine rings is 1. The summed E-state index contributed by atoms with van der Waals surface area (Å²) in [5.41, 5.74) is 4.35. The number of hydrogen-bond donors (Lipinski definition) is 1. The molecule has 1 N–H and O–H groups in total. The van der Waals surface area contributed by atoms with Crippen molar-refractivity contribution in [2.45, 2.75) is 27.7 Å². The first-order valence-corrected chi connectivity index (χ1v) is 9.56. The highest BCUT2D eigenvalue weighted by molar-refractivity contribution is 5.77. The fourth-order valence-electron chi connectivity index (χ4n) is 2.79. The summed E-state index contributed by atoms with van der Waals surface area (Å²) in [7, 11) is 3.93. The number of nitrogens with one attached hydrogen (secondary N) is 1. The van der Waals surface area contributed by atoms with E-state index in [0.29, 0.717) is 5.56 Å². The zero-order valence-electron chi connectivity index (χ0n) is 17.5. The van der Waals surface area contributed by atoms with Gasteiger partial charge in [0.2, 0.25) is 0 Å². The maximum absolute atomic E-state index is 11.8. The van der Waals surface area contributed by atoms with Crippen molar-refractivity contribution in [3.8, 4) is 11.1 Å². The molecule has 0 saturated carbocycles. The number of benzene rings is 1. The number of hydrogen-bond acceptors (Lipinski definition) is 4. The number of carbonyl (C=O) groups is 1. The SMILES string of the molecule is CC.CN1CCNCC1.Cc1cc(-c2ccc(C=O)cc2)c(C)n(C)c1=O. The number of aryl methyl sites for hydroxylation is 1. The third kappa shape index (κ3) is 6.45. The van der Waals surface area contributed by atoms with Gasteiger partial charge in [0.05, 0.1) is 0 Å². The molecule has 1 aliphatic heterocycles. The second kappa shape index (κ2) is 11.5. The Labute approximate surface area is 163 Å². The summed E-state index contributed by atoms with van der Waals surface area (Å²) in [6.45, 7) is 12.5. The molecule has 3 rings (SSSR count). The van der Waals surface area contributed by atoms with Crippen LogP contribution in [0, 0.1) is 13.8 Å². The summed E-state index contributed by atoms with van der Waals surface area (Å²) < 4.78 is 1.65. The van der Waals surface area contributed by atoms with E-state index >= 15 is 0 Å². The Bertz CT molecular complexity index is 773. The molecule has 1 fully saturated rings. The van der Waals surface area contributed by atoms with Gasteiger partial charge in [-0.25, -0.2) is 0 Å². The first kappa shape index (κ1) is 22.8. The topological polar surface area (TPSA) is 54.3 Å². The van der Waals surface area contributed by atoms with Crippen LogP contribution in [0.25, 0.3) is 11.1 Å². The van der Waals surface area contributed by atoms with Crippen molar-refractivity contribution in [2.75, 3.05) is 33.2 Å². The Morgan fingerprint density at radius 1 is 1.00 bits per heavy atom. The van der Waals surface area contributed by atoms with Gasteiger partial charge < -0.3 is 14.8 Å². The van der Waals surface area contributed by atoms with Crippen LogP contribution in [0.2, 0.25) is 0 Å². The molecule has 1 aliphatic rings. The monoisotopic (exact) mass is 371 g/mol. The second-order valence-electron chi connectivity index (χ2n) is 6.48. The molecule has 5 heteroatoms. The number of aromatic nitrogens is 1. The Morgan fingerprint density at radius 3 is 2.00 bits per heavy atom. The van der Waals surface area contributed by atoms with Gasteiger partial charge >= 0.3 is 0 Å². The number of nitrogens with zero attached hydrogens (tertiary/aromatic N) is 2. The highest BCUT2D eigenvalue weighted by Gasteiger charge is 2.08. The third-order valence-electron chi connectivity index (χ3n) is 4.59. The van der Waals surface area contributed by atoms with Crippen molar-refractivity contribution in [2.24, 2.45) is 7.05 Å². The quantitative estimate of drug-likeness (QED) is 0.825. The number of aldehydes is 1. The molecule has 0 amide bonds. The minimum absolute atomic E-state index is 0.0285. The molecule has 1 saturated heterocycles. The maximum Gasteiger partial charge on any atom is 0.253 e. The maximum atomic E-state index is 11.8. The van der Waals surface area contributed by atoms with Crippen LogP contribution in [0.3, 0.4) is 0 Å². The largest absolute Gasteiger partial charge is 0.315 e. The molecular weight excluding hydrogens is 338 g/mol. The molecule has 1 aromatic heterocycles. The number of piperazine rings is 1. The lowest BCUT2D eigenvalue weighted by Gasteiger charge is -2.21. The lowest BCUT2D eigenvalue weighted by Crippen LogP contribution is -2.40. The van der Waals surface area contributed by atoms with E-state index in [1.165, 1.54) is 13.1 Å². The van der Waals surface area contributed by atoms with E-state index in [1.54, 1.807) is 23.7 Å². The Balaban J connectivity index is 0.000000338. The minimum Gasteiger partial charge on any atom is -0.315 e. The van der Waals surface area contributed by atoms with Crippen LogP contribution in [0.4, 0.5) is 0 Å². The van der Waals surface area contributed by atoms with Gasteiger partial charge in [0.15, 0.2) is 0 Å². The van der Waals surface area contributed by atoms with E-state index in [1.807, 2.05) is 45.9 Å². The van der Waals surface area contributed by atoms with Crippen LogP contribution >= 0.6 is 0 Å². The molecule has 0 atom stereocenters. The summed E-state index contributed by atoms with van der Waals surface area (Å²) >= 11 is 0. The van der Waals surface area contributed by atoms with Crippen LogP contribution in [-0.2, 0) is 7.05 Å². The molecule has 27 heavy (non-hydrogen) atoms. The zero-order chi connectivity index (χ0) is 20.4. The van der Waals surface area contributed by atoms with Crippen LogP contribution in [0.15, 0.2) is 35.1 Å². The smallest absolute Gasteiger partial charge is 0.253 e. The molecule has 0 aliphatic carbocycles. The van der Waals surface area contributed by atoms with E-state index < -0.39 is 0 Å². The average molecular weight is 372 g/mol. The van der Waals surface area contributed by atoms with Gasteiger partial charge in [0, 0.05) is 55.6 Å². The summed E-state index contributed by atoms with van der Waals surface area (Å²) in [6, 6.07) is 9.25. The number of rotatable bonds is 2. The van der Waals surface area contributed by atoms with Crippen molar-refractivity contribution in [1.29, 1.82) is 0 Å². The molecule has 0 spiro atoms. The van der Waals surface area contributed by atoms with Gasteiger partial charge in [-0.05, 0) is 32.5 Å². The highest BCUT2D eigenvalue weighted by atomic mass is 16.1. The van der Waals surface area contributed by atoms with Gasteiger partial charge in [-0.2, -0.15) is 0 Å². The van der Waals surface area contributed by atoms with Crippen molar-refractivity contribution in [3.63, 3.8) is 0 Å². The fourth-order valence-corrected chi connectivity index (χ4v) is 2.79. The lowest BCUT2D eigenvalue weighted by atomic mass is 10.0. The molecular formula is C22H33N3O2.